The molecule has 0 saturated carbocycles. The van der Waals surface area contributed by atoms with Crippen molar-refractivity contribution in [1.29, 1.82) is 0 Å². The van der Waals surface area contributed by atoms with Crippen LogP contribution in [0, 0.1) is 0 Å². The summed E-state index contributed by atoms with van der Waals surface area (Å²) in [7, 11) is -1.99. The third-order valence-corrected chi connectivity index (χ3v) is 11.5. The van der Waals surface area contributed by atoms with Crippen LogP contribution >= 0.6 is 0 Å². The van der Waals surface area contributed by atoms with Crippen molar-refractivity contribution in [2.75, 3.05) is 13.2 Å². The summed E-state index contributed by atoms with van der Waals surface area (Å²) >= 11 is 0. The normalized spacial score (nSPS) is 16.4. The zero-order valence-corrected chi connectivity index (χ0v) is 17.2. The Bertz CT molecular complexity index is 658. The monoisotopic (exact) mass is 366 g/mol. The van der Waals surface area contributed by atoms with Gasteiger partial charge in [0.15, 0.2) is 6.29 Å². The van der Waals surface area contributed by atoms with E-state index in [1.807, 2.05) is 0 Å². The van der Waals surface area contributed by atoms with E-state index in [0.29, 0.717) is 13.2 Å². The molecule has 1 aliphatic heterocycles. The first kappa shape index (κ1) is 19.1. The SMILES string of the molecule is CC(C)(C)[Si](CC=CCC1OCCO1)(c1ccccc1)c1ccccc1. The van der Waals surface area contributed by atoms with Gasteiger partial charge in [0.2, 0.25) is 0 Å². The van der Waals surface area contributed by atoms with Crippen LogP contribution in [0.25, 0.3) is 0 Å². The Labute approximate surface area is 158 Å². The zero-order chi connectivity index (χ0) is 18.5. The van der Waals surface area contributed by atoms with Gasteiger partial charge in [-0.3, -0.25) is 0 Å². The molecule has 2 nitrogen and oxygen atoms in total. The highest BCUT2D eigenvalue weighted by Crippen LogP contribution is 2.38. The first-order valence-corrected chi connectivity index (χ1v) is 11.7. The van der Waals surface area contributed by atoms with E-state index in [-0.39, 0.29) is 11.3 Å². The lowest BCUT2D eigenvalue weighted by atomic mass is 10.2. The number of allylic oxidation sites excluding steroid dienone is 1. The van der Waals surface area contributed by atoms with Gasteiger partial charge in [0.05, 0.1) is 13.2 Å². The summed E-state index contributed by atoms with van der Waals surface area (Å²) < 4.78 is 11.1. The molecule has 1 aliphatic rings. The van der Waals surface area contributed by atoms with E-state index < -0.39 is 8.07 Å². The van der Waals surface area contributed by atoms with E-state index in [9.17, 15) is 0 Å². The smallest absolute Gasteiger partial charge is 0.161 e. The molecule has 0 aliphatic carbocycles. The summed E-state index contributed by atoms with van der Waals surface area (Å²) in [6.45, 7) is 8.63. The highest BCUT2D eigenvalue weighted by Gasteiger charge is 2.46. The van der Waals surface area contributed by atoms with Gasteiger partial charge in [-0.05, 0) is 11.1 Å². The highest BCUT2D eigenvalue weighted by atomic mass is 28.3. The minimum absolute atomic E-state index is 0.0644. The Morgan fingerprint density at radius 3 is 1.81 bits per heavy atom. The fourth-order valence-electron chi connectivity index (χ4n) is 4.03. The van der Waals surface area contributed by atoms with Crippen molar-refractivity contribution in [2.24, 2.45) is 0 Å². The molecule has 0 atom stereocenters. The predicted octanol–water partition coefficient (Wildman–Crippen LogP) is 4.37. The molecule has 0 N–H and O–H groups in total. The average Bonchev–Trinajstić information content (AvgIpc) is 3.16. The summed E-state index contributed by atoms with van der Waals surface area (Å²) in [5.41, 5.74) is 0. The summed E-state index contributed by atoms with van der Waals surface area (Å²) in [5.74, 6) is 0. The Balaban J connectivity index is 1.95. The van der Waals surface area contributed by atoms with Gasteiger partial charge in [0.1, 0.15) is 8.07 Å². The van der Waals surface area contributed by atoms with E-state index in [2.05, 4.69) is 93.6 Å². The van der Waals surface area contributed by atoms with E-state index in [0.717, 1.165) is 12.5 Å². The highest BCUT2D eigenvalue weighted by molar-refractivity contribution is 7.04. The Morgan fingerprint density at radius 1 is 0.846 bits per heavy atom. The second-order valence-electron chi connectivity index (χ2n) is 7.97. The molecular formula is C23H30O2Si. The van der Waals surface area contributed by atoms with Gasteiger partial charge in [0.25, 0.3) is 0 Å². The third-order valence-electron chi connectivity index (χ3n) is 5.42. The third kappa shape index (κ3) is 4.01. The molecule has 3 rings (SSSR count). The molecule has 1 fully saturated rings. The lowest BCUT2D eigenvalue weighted by molar-refractivity contribution is -0.0380. The average molecular weight is 367 g/mol. The zero-order valence-electron chi connectivity index (χ0n) is 16.2. The minimum Gasteiger partial charge on any atom is -0.350 e. The molecule has 2 aromatic rings. The van der Waals surface area contributed by atoms with Crippen LogP contribution < -0.4 is 10.4 Å². The largest absolute Gasteiger partial charge is 0.350 e. The number of rotatable bonds is 6. The maximum atomic E-state index is 5.56. The molecule has 2 aromatic carbocycles. The summed E-state index contributed by atoms with van der Waals surface area (Å²) in [5, 5.41) is 3.19. The number of ether oxygens (including phenoxy) is 2. The topological polar surface area (TPSA) is 18.5 Å². The molecule has 1 heterocycles. The second-order valence-corrected chi connectivity index (χ2v) is 12.8. The van der Waals surface area contributed by atoms with Gasteiger partial charge in [-0.15, -0.1) is 0 Å². The van der Waals surface area contributed by atoms with E-state index in [1.54, 1.807) is 0 Å². The van der Waals surface area contributed by atoms with Crippen molar-refractivity contribution in [1.82, 2.24) is 0 Å². The first-order chi connectivity index (χ1) is 12.5. The van der Waals surface area contributed by atoms with Crippen LogP contribution in [0.2, 0.25) is 11.1 Å². The summed E-state index contributed by atoms with van der Waals surface area (Å²) in [6.07, 6.45) is 5.38. The molecule has 1 saturated heterocycles. The van der Waals surface area contributed by atoms with Gasteiger partial charge < -0.3 is 9.47 Å². The first-order valence-electron chi connectivity index (χ1n) is 9.53. The number of hydrogen-bond donors (Lipinski definition) is 0. The molecule has 0 spiro atoms. The van der Waals surface area contributed by atoms with Crippen LogP contribution in [0.15, 0.2) is 72.8 Å². The molecule has 3 heteroatoms. The van der Waals surface area contributed by atoms with E-state index in [4.69, 9.17) is 9.47 Å². The lowest BCUT2D eigenvalue weighted by Crippen LogP contribution is -2.63. The Morgan fingerprint density at radius 2 is 1.35 bits per heavy atom. The van der Waals surface area contributed by atoms with Crippen LogP contribution in [0.5, 0.6) is 0 Å². The van der Waals surface area contributed by atoms with Crippen molar-refractivity contribution < 1.29 is 9.47 Å². The van der Waals surface area contributed by atoms with Crippen molar-refractivity contribution in [3.8, 4) is 0 Å². The van der Waals surface area contributed by atoms with Crippen molar-refractivity contribution in [3.05, 3.63) is 72.8 Å². The van der Waals surface area contributed by atoms with Gasteiger partial charge in [-0.2, -0.15) is 0 Å². The standard InChI is InChI=1S/C23H30O2Si/c1-23(2,3)26(20-12-6-4-7-13-20,21-14-8-5-9-15-21)19-11-10-16-22-24-17-18-25-22/h4-15,22H,16-19H2,1-3H3. The maximum Gasteiger partial charge on any atom is 0.161 e. The number of hydrogen-bond acceptors (Lipinski definition) is 2. The van der Waals surface area contributed by atoms with Crippen molar-refractivity contribution in [2.45, 2.75) is 44.6 Å². The molecule has 0 bridgehead atoms. The fourth-order valence-corrected chi connectivity index (χ4v) is 9.22. The lowest BCUT2D eigenvalue weighted by Gasteiger charge is -2.43. The summed E-state index contributed by atoms with van der Waals surface area (Å²) in [4.78, 5) is 0. The summed E-state index contributed by atoms with van der Waals surface area (Å²) in [6, 6.07) is 23.3. The van der Waals surface area contributed by atoms with Crippen molar-refractivity contribution in [3.63, 3.8) is 0 Å². The molecule has 0 radical (unpaired) electrons. The Kier molecular flexibility index (Phi) is 6.12. The molecular weight excluding hydrogens is 336 g/mol. The quantitative estimate of drug-likeness (QED) is 0.558. The van der Waals surface area contributed by atoms with Crippen LogP contribution in [0.4, 0.5) is 0 Å². The van der Waals surface area contributed by atoms with E-state index in [1.165, 1.54) is 10.4 Å². The van der Waals surface area contributed by atoms with Crippen LogP contribution in [-0.2, 0) is 9.47 Å². The second kappa shape index (κ2) is 8.34. The van der Waals surface area contributed by atoms with Gasteiger partial charge in [0, 0.05) is 6.42 Å². The predicted molar refractivity (Wildman–Crippen MR) is 112 cm³/mol. The van der Waals surface area contributed by atoms with Gasteiger partial charge >= 0.3 is 0 Å². The van der Waals surface area contributed by atoms with E-state index >= 15 is 0 Å². The molecule has 0 amide bonds. The molecule has 138 valence electrons. The van der Waals surface area contributed by atoms with Gasteiger partial charge in [-0.1, -0.05) is 104 Å². The number of benzene rings is 2. The Hall–Kier alpha value is -1.68. The fraction of sp³-hybridized carbons (Fsp3) is 0.391. The molecule has 0 aromatic heterocycles. The maximum absolute atomic E-state index is 5.56. The van der Waals surface area contributed by atoms with Gasteiger partial charge in [-0.25, -0.2) is 0 Å². The van der Waals surface area contributed by atoms with Crippen LogP contribution in [0.3, 0.4) is 0 Å². The molecule has 26 heavy (non-hydrogen) atoms. The van der Waals surface area contributed by atoms with Crippen LogP contribution in [0.1, 0.15) is 27.2 Å². The van der Waals surface area contributed by atoms with Crippen molar-refractivity contribution >= 4 is 18.4 Å². The van der Waals surface area contributed by atoms with Crippen LogP contribution in [-0.4, -0.2) is 27.6 Å². The molecule has 0 unspecified atom stereocenters. The minimum atomic E-state index is -1.99.